The molecule has 0 saturated carbocycles. The van der Waals surface area contributed by atoms with Gasteiger partial charge in [0.25, 0.3) is 5.91 Å². The van der Waals surface area contributed by atoms with Gasteiger partial charge in [0.15, 0.2) is 0 Å². The molecule has 0 spiro atoms. The van der Waals surface area contributed by atoms with Gasteiger partial charge >= 0.3 is 6.03 Å². The first-order valence-corrected chi connectivity index (χ1v) is 7.63. The van der Waals surface area contributed by atoms with E-state index in [1.54, 1.807) is 6.20 Å². The van der Waals surface area contributed by atoms with Crippen molar-refractivity contribution < 1.29 is 14.7 Å². The summed E-state index contributed by atoms with van der Waals surface area (Å²) in [6.45, 7) is 0.864. The number of aryl methyl sites for hydroxylation is 1. The van der Waals surface area contributed by atoms with Gasteiger partial charge in [0, 0.05) is 37.2 Å². The van der Waals surface area contributed by atoms with Gasteiger partial charge in [0.05, 0.1) is 11.7 Å². The lowest BCUT2D eigenvalue weighted by atomic mass is 10.1. The maximum atomic E-state index is 12.3. The number of urea groups is 1. The zero-order valence-electron chi connectivity index (χ0n) is 13.0. The summed E-state index contributed by atoms with van der Waals surface area (Å²) in [5.41, 5.74) is 6.30. The third-order valence-electron chi connectivity index (χ3n) is 4.11. The molecular weight excluding hydrogens is 296 g/mol. The number of hydrogen-bond acceptors (Lipinski definition) is 3. The van der Waals surface area contributed by atoms with Crippen LogP contribution in [0.25, 0.3) is 10.9 Å². The Morgan fingerprint density at radius 2 is 2.04 bits per heavy atom. The van der Waals surface area contributed by atoms with Crippen LogP contribution in [0.5, 0.6) is 0 Å². The second-order valence-corrected chi connectivity index (χ2v) is 5.80. The van der Waals surface area contributed by atoms with Gasteiger partial charge in [-0.05, 0) is 18.9 Å². The average molecular weight is 316 g/mol. The predicted octanol–water partition coefficient (Wildman–Crippen LogP) is 0.989. The molecule has 23 heavy (non-hydrogen) atoms. The number of carbonyl (C=O) groups excluding carboxylic acids is 2. The van der Waals surface area contributed by atoms with Crippen molar-refractivity contribution in [1.29, 1.82) is 0 Å². The number of β-amino-alcohol motifs (C(OH)–C–C–N with tert-alkyl or cyclic N) is 1. The molecule has 1 aromatic heterocycles. The second kappa shape index (κ2) is 6.29. The molecule has 122 valence electrons. The van der Waals surface area contributed by atoms with Gasteiger partial charge in [0.1, 0.15) is 0 Å². The van der Waals surface area contributed by atoms with Crippen molar-refractivity contribution in [3.05, 3.63) is 36.0 Å². The molecule has 1 fully saturated rings. The number of aliphatic hydroxyl groups excluding tert-OH is 1. The van der Waals surface area contributed by atoms with Crippen molar-refractivity contribution in [1.82, 2.24) is 20.3 Å². The third kappa shape index (κ3) is 3.14. The zero-order chi connectivity index (χ0) is 16.4. The summed E-state index contributed by atoms with van der Waals surface area (Å²) in [6, 6.07) is 7.17. The van der Waals surface area contributed by atoms with Crippen molar-refractivity contribution >= 4 is 22.8 Å². The van der Waals surface area contributed by atoms with Gasteiger partial charge in [-0.25, -0.2) is 10.2 Å². The lowest BCUT2D eigenvalue weighted by molar-refractivity contribution is 0.0803. The first-order valence-electron chi connectivity index (χ1n) is 7.63. The molecule has 0 aliphatic carbocycles. The molecule has 1 aliphatic rings. The summed E-state index contributed by atoms with van der Waals surface area (Å²) in [5.74, 6) is -0.368. The number of carbonyl (C=O) groups is 2. The fraction of sp³-hybridized carbons (Fsp3) is 0.375. The van der Waals surface area contributed by atoms with Crippen LogP contribution < -0.4 is 10.9 Å². The average Bonchev–Trinajstić information content (AvgIpc) is 2.90. The highest BCUT2D eigenvalue weighted by molar-refractivity contribution is 6.07. The number of aromatic nitrogens is 1. The van der Waals surface area contributed by atoms with E-state index in [2.05, 4.69) is 10.9 Å². The molecule has 3 amide bonds. The minimum atomic E-state index is -0.497. The molecule has 1 aromatic carbocycles. The van der Waals surface area contributed by atoms with E-state index in [4.69, 9.17) is 0 Å². The Kier molecular flexibility index (Phi) is 4.20. The van der Waals surface area contributed by atoms with E-state index < -0.39 is 12.1 Å². The molecule has 0 bridgehead atoms. The topological polar surface area (TPSA) is 86.6 Å². The van der Waals surface area contributed by atoms with E-state index in [9.17, 15) is 14.7 Å². The van der Waals surface area contributed by atoms with E-state index in [0.717, 1.165) is 17.3 Å². The van der Waals surface area contributed by atoms with Crippen LogP contribution in [0.2, 0.25) is 0 Å². The minimum absolute atomic E-state index is 0.288. The number of amides is 3. The van der Waals surface area contributed by atoms with Crippen LogP contribution in [-0.2, 0) is 7.05 Å². The molecule has 2 aromatic rings. The van der Waals surface area contributed by atoms with Crippen molar-refractivity contribution in [2.24, 2.45) is 7.05 Å². The van der Waals surface area contributed by atoms with Gasteiger partial charge < -0.3 is 14.6 Å². The van der Waals surface area contributed by atoms with Crippen molar-refractivity contribution in [2.75, 3.05) is 13.1 Å². The minimum Gasteiger partial charge on any atom is -0.391 e. The number of hydrazine groups is 1. The van der Waals surface area contributed by atoms with Crippen LogP contribution >= 0.6 is 0 Å². The van der Waals surface area contributed by atoms with Crippen LogP contribution in [0.15, 0.2) is 30.5 Å². The lowest BCUT2D eigenvalue weighted by Gasteiger charge is -2.29. The van der Waals surface area contributed by atoms with Gasteiger partial charge in [-0.1, -0.05) is 18.2 Å². The molecule has 0 radical (unpaired) electrons. The normalized spacial score (nSPS) is 18.0. The zero-order valence-corrected chi connectivity index (χ0v) is 13.0. The second-order valence-electron chi connectivity index (χ2n) is 5.80. The molecule has 3 rings (SSSR count). The van der Waals surface area contributed by atoms with E-state index in [0.29, 0.717) is 18.5 Å². The monoisotopic (exact) mass is 316 g/mol. The summed E-state index contributed by atoms with van der Waals surface area (Å²) in [5, 5.41) is 10.4. The van der Waals surface area contributed by atoms with Crippen LogP contribution in [-0.4, -0.2) is 45.7 Å². The Labute approximate surface area is 133 Å². The maximum Gasteiger partial charge on any atom is 0.336 e. The first-order chi connectivity index (χ1) is 11.1. The molecule has 2 heterocycles. The maximum absolute atomic E-state index is 12.3. The Morgan fingerprint density at radius 1 is 1.26 bits per heavy atom. The molecule has 7 heteroatoms. The Bertz CT molecular complexity index is 740. The predicted molar refractivity (Wildman–Crippen MR) is 85.7 cm³/mol. The van der Waals surface area contributed by atoms with Crippen molar-refractivity contribution in [2.45, 2.75) is 18.9 Å². The summed E-state index contributed by atoms with van der Waals surface area (Å²) in [4.78, 5) is 25.8. The number of piperidine rings is 1. The number of benzene rings is 1. The highest BCUT2D eigenvalue weighted by Gasteiger charge is 2.22. The van der Waals surface area contributed by atoms with Gasteiger partial charge in [0.2, 0.25) is 0 Å². The molecule has 1 saturated heterocycles. The number of likely N-dealkylation sites (tertiary alicyclic amines) is 1. The smallest absolute Gasteiger partial charge is 0.336 e. The quantitative estimate of drug-likeness (QED) is 0.686. The van der Waals surface area contributed by atoms with E-state index in [1.807, 2.05) is 35.9 Å². The van der Waals surface area contributed by atoms with Gasteiger partial charge in [-0.3, -0.25) is 10.2 Å². The van der Waals surface area contributed by atoms with Crippen LogP contribution in [0.1, 0.15) is 23.2 Å². The molecule has 1 atom stereocenters. The van der Waals surface area contributed by atoms with Crippen LogP contribution in [0.3, 0.4) is 0 Å². The number of hydrogen-bond donors (Lipinski definition) is 3. The standard InChI is InChI=1S/C16H20N4O3/c1-19-10-13(12-6-2-3-7-14(12)19)15(22)17-18-16(23)20-8-4-5-11(21)9-20/h2-3,6-7,10-11,21H,4-5,8-9H2,1H3,(H,17,22)(H,18,23)/t11-/m0/s1. The van der Waals surface area contributed by atoms with E-state index in [-0.39, 0.29) is 12.5 Å². The van der Waals surface area contributed by atoms with Gasteiger partial charge in [-0.15, -0.1) is 0 Å². The lowest BCUT2D eigenvalue weighted by Crippen LogP contribution is -2.52. The number of aliphatic hydroxyl groups is 1. The van der Waals surface area contributed by atoms with E-state index in [1.165, 1.54) is 4.90 Å². The van der Waals surface area contributed by atoms with Gasteiger partial charge in [-0.2, -0.15) is 0 Å². The fourth-order valence-corrected chi connectivity index (χ4v) is 2.92. The molecular formula is C16H20N4O3. The number of para-hydroxylation sites is 1. The molecule has 0 unspecified atom stereocenters. The summed E-state index contributed by atoms with van der Waals surface area (Å²) < 4.78 is 1.87. The fourth-order valence-electron chi connectivity index (χ4n) is 2.92. The highest BCUT2D eigenvalue weighted by Crippen LogP contribution is 2.19. The third-order valence-corrected chi connectivity index (χ3v) is 4.11. The Hall–Kier alpha value is -2.54. The molecule has 7 nitrogen and oxygen atoms in total. The highest BCUT2D eigenvalue weighted by atomic mass is 16.3. The Morgan fingerprint density at radius 3 is 2.83 bits per heavy atom. The van der Waals surface area contributed by atoms with E-state index >= 15 is 0 Å². The summed E-state index contributed by atoms with van der Waals surface area (Å²) >= 11 is 0. The Balaban J connectivity index is 1.66. The van der Waals surface area contributed by atoms with Crippen LogP contribution in [0.4, 0.5) is 4.79 Å². The summed E-state index contributed by atoms with van der Waals surface area (Å²) in [7, 11) is 1.87. The summed E-state index contributed by atoms with van der Waals surface area (Å²) in [6.07, 6.45) is 2.69. The number of nitrogens with zero attached hydrogens (tertiary/aromatic N) is 2. The first kappa shape index (κ1) is 15.4. The molecule has 1 aliphatic heterocycles. The number of fused-ring (bicyclic) bond motifs is 1. The largest absolute Gasteiger partial charge is 0.391 e. The van der Waals surface area contributed by atoms with Crippen molar-refractivity contribution in [3.63, 3.8) is 0 Å². The number of nitrogens with one attached hydrogen (secondary N) is 2. The van der Waals surface area contributed by atoms with Crippen LogP contribution in [0, 0.1) is 0 Å². The molecule has 3 N–H and O–H groups in total. The van der Waals surface area contributed by atoms with Crippen molar-refractivity contribution in [3.8, 4) is 0 Å². The number of rotatable bonds is 1. The SMILES string of the molecule is Cn1cc(C(=O)NNC(=O)N2CCC[C@H](O)C2)c2ccccc21.